The van der Waals surface area contributed by atoms with E-state index in [0.29, 0.717) is 16.1 Å². The highest BCUT2D eigenvalue weighted by molar-refractivity contribution is 7.80. The normalized spacial score (nSPS) is 49.1. The van der Waals surface area contributed by atoms with Crippen LogP contribution in [0.4, 0.5) is 0 Å². The minimum Gasteiger partial charge on any atom is -0.176 e. The molecule has 0 spiro atoms. The smallest absolute Gasteiger partial charge is 0.00545 e. The van der Waals surface area contributed by atoms with E-state index < -0.39 is 0 Å². The van der Waals surface area contributed by atoms with Crippen LogP contribution in [0.15, 0.2) is 22.8 Å². The summed E-state index contributed by atoms with van der Waals surface area (Å²) in [5.74, 6) is 2.82. The van der Waals surface area contributed by atoms with Crippen LogP contribution in [0.25, 0.3) is 0 Å². The van der Waals surface area contributed by atoms with Gasteiger partial charge in [-0.25, -0.2) is 0 Å². The van der Waals surface area contributed by atoms with Crippen molar-refractivity contribution < 1.29 is 0 Å². The van der Waals surface area contributed by atoms with Gasteiger partial charge in [0.2, 0.25) is 0 Å². The first kappa shape index (κ1) is 16.3. The van der Waals surface area contributed by atoms with Gasteiger partial charge in [-0.3, -0.25) is 0 Å². The minimum absolute atomic E-state index is 0.497. The van der Waals surface area contributed by atoms with E-state index in [1.807, 2.05) is 5.57 Å². The lowest BCUT2D eigenvalue weighted by Gasteiger charge is -2.57. The fourth-order valence-electron chi connectivity index (χ4n) is 7.28. The van der Waals surface area contributed by atoms with Crippen LogP contribution in [0.5, 0.6) is 0 Å². The third-order valence-electron chi connectivity index (χ3n) is 8.47. The Morgan fingerprint density at radius 2 is 1.74 bits per heavy atom. The highest BCUT2D eigenvalue weighted by Crippen LogP contribution is 2.66. The van der Waals surface area contributed by atoms with Crippen LogP contribution in [0.1, 0.15) is 79.1 Å². The molecular formula is C22H34S. The van der Waals surface area contributed by atoms with Crippen LogP contribution in [-0.2, 0) is 0 Å². The largest absolute Gasteiger partial charge is 0.176 e. The monoisotopic (exact) mass is 330 g/mol. The van der Waals surface area contributed by atoms with Gasteiger partial charge < -0.3 is 0 Å². The summed E-state index contributed by atoms with van der Waals surface area (Å²) in [6.45, 7) is 9.91. The van der Waals surface area contributed by atoms with Crippen molar-refractivity contribution in [3.8, 4) is 0 Å². The lowest BCUT2D eigenvalue weighted by atomic mass is 9.48. The topological polar surface area (TPSA) is 0 Å². The molecule has 0 nitrogen and oxygen atoms in total. The van der Waals surface area contributed by atoms with Gasteiger partial charge in [-0.1, -0.05) is 36.6 Å². The second kappa shape index (κ2) is 5.41. The van der Waals surface area contributed by atoms with Gasteiger partial charge in [0.05, 0.1) is 0 Å². The molecule has 4 rings (SSSR count). The predicted octanol–water partition coefficient (Wildman–Crippen LogP) is 6.58. The average Bonchev–Trinajstić information content (AvgIpc) is 2.85. The first-order valence-corrected chi connectivity index (χ1v) is 10.4. The van der Waals surface area contributed by atoms with Gasteiger partial charge in [0.15, 0.2) is 0 Å². The molecule has 4 unspecified atom stereocenters. The fourth-order valence-corrected chi connectivity index (χ4v) is 7.60. The van der Waals surface area contributed by atoms with Gasteiger partial charge in [0, 0.05) is 5.25 Å². The van der Waals surface area contributed by atoms with Gasteiger partial charge in [0.1, 0.15) is 0 Å². The average molecular weight is 331 g/mol. The number of allylic oxidation sites excluding steroid dienone is 4. The van der Waals surface area contributed by atoms with Gasteiger partial charge in [-0.05, 0) is 93.8 Å². The molecule has 1 heteroatoms. The minimum atomic E-state index is 0.497. The van der Waals surface area contributed by atoms with E-state index in [1.165, 1.54) is 51.4 Å². The Morgan fingerprint density at radius 3 is 2.48 bits per heavy atom. The number of hydrogen-bond donors (Lipinski definition) is 1. The highest BCUT2D eigenvalue weighted by Gasteiger charge is 2.57. The number of thiol groups is 1. The van der Waals surface area contributed by atoms with E-state index in [1.54, 1.807) is 11.1 Å². The molecule has 0 heterocycles. The zero-order chi connectivity index (χ0) is 16.4. The lowest BCUT2D eigenvalue weighted by molar-refractivity contribution is -0.0133. The highest BCUT2D eigenvalue weighted by atomic mass is 32.1. The molecule has 0 radical (unpaired) electrons. The molecule has 0 N–H and O–H groups in total. The predicted molar refractivity (Wildman–Crippen MR) is 103 cm³/mol. The Bertz CT molecular complexity index is 567. The third-order valence-corrected chi connectivity index (χ3v) is 8.91. The second-order valence-corrected chi connectivity index (χ2v) is 10.4. The van der Waals surface area contributed by atoms with Gasteiger partial charge in [0.25, 0.3) is 0 Å². The van der Waals surface area contributed by atoms with Crippen LogP contribution in [0, 0.1) is 28.6 Å². The maximum atomic E-state index is 4.79. The van der Waals surface area contributed by atoms with Crippen molar-refractivity contribution >= 4 is 12.6 Å². The number of fused-ring (bicyclic) bond motifs is 5. The zero-order valence-electron chi connectivity index (χ0n) is 15.5. The Kier molecular flexibility index (Phi) is 3.84. The first-order valence-electron chi connectivity index (χ1n) is 9.90. The maximum Gasteiger partial charge on any atom is 0.00545 e. The van der Waals surface area contributed by atoms with Gasteiger partial charge in [-0.2, -0.15) is 12.6 Å². The first-order chi connectivity index (χ1) is 10.9. The quantitative estimate of drug-likeness (QED) is 0.376. The molecule has 3 fully saturated rings. The molecule has 4 aliphatic rings. The molecule has 6 atom stereocenters. The zero-order valence-corrected chi connectivity index (χ0v) is 16.4. The van der Waals surface area contributed by atoms with Crippen molar-refractivity contribution in [2.75, 3.05) is 0 Å². The molecule has 0 saturated heterocycles. The Morgan fingerprint density at radius 1 is 1.04 bits per heavy atom. The van der Waals surface area contributed by atoms with Crippen LogP contribution >= 0.6 is 12.6 Å². The molecule has 0 aliphatic heterocycles. The van der Waals surface area contributed by atoms with Crippen LogP contribution in [0.3, 0.4) is 0 Å². The van der Waals surface area contributed by atoms with E-state index in [2.05, 4.69) is 33.8 Å². The SMILES string of the molecule is CC(C)=C1CCC2C3CC=C4CC(S)CC[C@]4(C)C3CC[C@]12C. The van der Waals surface area contributed by atoms with E-state index in [-0.39, 0.29) is 0 Å². The summed E-state index contributed by atoms with van der Waals surface area (Å²) in [5, 5.41) is 0.614. The number of rotatable bonds is 0. The van der Waals surface area contributed by atoms with Crippen molar-refractivity contribution in [3.63, 3.8) is 0 Å². The van der Waals surface area contributed by atoms with Crippen molar-refractivity contribution in [1.29, 1.82) is 0 Å². The fraction of sp³-hybridized carbons (Fsp3) is 0.818. The lowest BCUT2D eigenvalue weighted by Crippen LogP contribution is -2.49. The van der Waals surface area contributed by atoms with E-state index in [0.717, 1.165) is 17.8 Å². The number of hydrogen-bond acceptors (Lipinski definition) is 1. The Hall–Kier alpha value is -0.170. The summed E-state index contributed by atoms with van der Waals surface area (Å²) >= 11 is 4.79. The molecule has 0 aromatic rings. The van der Waals surface area contributed by atoms with E-state index in [9.17, 15) is 0 Å². The van der Waals surface area contributed by atoms with Crippen molar-refractivity contribution in [1.82, 2.24) is 0 Å². The van der Waals surface area contributed by atoms with Crippen molar-refractivity contribution in [2.45, 2.75) is 84.3 Å². The molecule has 128 valence electrons. The summed E-state index contributed by atoms with van der Waals surface area (Å²) in [5.41, 5.74) is 6.22. The Labute approximate surface area is 148 Å². The van der Waals surface area contributed by atoms with E-state index >= 15 is 0 Å². The van der Waals surface area contributed by atoms with Crippen molar-refractivity contribution in [3.05, 3.63) is 22.8 Å². The molecule has 3 saturated carbocycles. The molecule has 0 bridgehead atoms. The van der Waals surface area contributed by atoms with E-state index in [4.69, 9.17) is 12.6 Å². The summed E-state index contributed by atoms with van der Waals surface area (Å²) in [6.07, 6.45) is 13.7. The molecule has 23 heavy (non-hydrogen) atoms. The molecule has 0 amide bonds. The standard InChI is InChI=1S/C22H34S/c1-14(2)18-7-8-19-17-6-5-15-13-16(23)9-11-21(15,3)20(17)10-12-22(18,19)4/h5,16-17,19-20,23H,6-13H2,1-4H3/t16?,17?,19?,20?,21-,22+/m0/s1. The Balaban J connectivity index is 1.69. The molecular weight excluding hydrogens is 296 g/mol. The summed E-state index contributed by atoms with van der Waals surface area (Å²) in [6, 6.07) is 0. The van der Waals surface area contributed by atoms with Crippen LogP contribution in [-0.4, -0.2) is 5.25 Å². The van der Waals surface area contributed by atoms with Gasteiger partial charge in [-0.15, -0.1) is 0 Å². The third kappa shape index (κ3) is 2.25. The summed E-state index contributed by atoms with van der Waals surface area (Å²) in [4.78, 5) is 0. The van der Waals surface area contributed by atoms with Crippen LogP contribution < -0.4 is 0 Å². The van der Waals surface area contributed by atoms with Gasteiger partial charge >= 0.3 is 0 Å². The molecule has 0 aromatic heterocycles. The maximum absolute atomic E-state index is 4.79. The molecule has 4 aliphatic carbocycles. The summed E-state index contributed by atoms with van der Waals surface area (Å²) < 4.78 is 0. The summed E-state index contributed by atoms with van der Waals surface area (Å²) in [7, 11) is 0. The molecule has 0 aromatic carbocycles. The van der Waals surface area contributed by atoms with Crippen molar-refractivity contribution in [2.24, 2.45) is 28.6 Å². The van der Waals surface area contributed by atoms with Crippen LogP contribution in [0.2, 0.25) is 0 Å². The second-order valence-electron chi connectivity index (χ2n) is 9.63.